The van der Waals surface area contributed by atoms with Crippen molar-refractivity contribution < 1.29 is 9.53 Å². The van der Waals surface area contributed by atoms with Gasteiger partial charge in [0, 0.05) is 13.0 Å². The van der Waals surface area contributed by atoms with Gasteiger partial charge in [0.15, 0.2) is 0 Å². The summed E-state index contributed by atoms with van der Waals surface area (Å²) in [7, 11) is 0. The Bertz CT molecular complexity index is 288. The number of carbonyl (C=O) groups is 1. The number of esters is 1. The predicted molar refractivity (Wildman–Crippen MR) is 102 cm³/mol. The van der Waals surface area contributed by atoms with Gasteiger partial charge in [-0.05, 0) is 19.4 Å². The molecule has 0 aromatic heterocycles. The van der Waals surface area contributed by atoms with Gasteiger partial charge in [-0.2, -0.15) is 0 Å². The van der Waals surface area contributed by atoms with Gasteiger partial charge in [-0.15, -0.1) is 0 Å². The van der Waals surface area contributed by atoms with Gasteiger partial charge in [-0.3, -0.25) is 4.79 Å². The van der Waals surface area contributed by atoms with Crippen molar-refractivity contribution >= 4 is 5.97 Å². The Kier molecular flexibility index (Phi) is 14.3. The van der Waals surface area contributed by atoms with Gasteiger partial charge < -0.3 is 10.1 Å². The molecule has 0 radical (unpaired) electrons. The molecule has 0 saturated carbocycles. The maximum absolute atomic E-state index is 11.7. The molecular formula is C21H41NO2. The molecule has 1 N–H and O–H groups in total. The lowest BCUT2D eigenvalue weighted by atomic mass is 10.0. The third-order valence-electron chi connectivity index (χ3n) is 5.05. The number of hydrogen-bond donors (Lipinski definition) is 1. The molecule has 0 aromatic carbocycles. The van der Waals surface area contributed by atoms with E-state index in [-0.39, 0.29) is 12.1 Å². The Morgan fingerprint density at radius 2 is 1.33 bits per heavy atom. The maximum atomic E-state index is 11.7. The lowest BCUT2D eigenvalue weighted by Crippen LogP contribution is -2.20. The van der Waals surface area contributed by atoms with Crippen LogP contribution in [0, 0.1) is 0 Å². The highest BCUT2D eigenvalue weighted by Gasteiger charge is 2.18. The van der Waals surface area contributed by atoms with Crippen LogP contribution in [0.2, 0.25) is 0 Å². The van der Waals surface area contributed by atoms with Gasteiger partial charge in [-0.25, -0.2) is 0 Å². The van der Waals surface area contributed by atoms with E-state index in [9.17, 15) is 4.79 Å². The second-order valence-electron chi connectivity index (χ2n) is 7.45. The molecule has 3 nitrogen and oxygen atoms in total. The highest BCUT2D eigenvalue weighted by molar-refractivity contribution is 5.69. The zero-order valence-electron chi connectivity index (χ0n) is 16.1. The summed E-state index contributed by atoms with van der Waals surface area (Å²) < 4.78 is 5.42. The zero-order valence-corrected chi connectivity index (χ0v) is 16.1. The van der Waals surface area contributed by atoms with Gasteiger partial charge in [0.2, 0.25) is 0 Å². The zero-order chi connectivity index (χ0) is 17.3. The van der Waals surface area contributed by atoms with Crippen LogP contribution in [-0.4, -0.2) is 25.2 Å². The Hall–Kier alpha value is -0.570. The summed E-state index contributed by atoms with van der Waals surface area (Å²) in [5.41, 5.74) is 0. The Morgan fingerprint density at radius 1 is 0.833 bits per heavy atom. The first-order valence-corrected chi connectivity index (χ1v) is 10.7. The van der Waals surface area contributed by atoms with E-state index in [0.29, 0.717) is 6.42 Å². The fraction of sp³-hybridized carbons (Fsp3) is 0.952. The van der Waals surface area contributed by atoms with Gasteiger partial charge >= 0.3 is 5.97 Å². The third kappa shape index (κ3) is 12.8. The summed E-state index contributed by atoms with van der Waals surface area (Å²) in [6.07, 6.45) is 20.6. The average molecular weight is 340 g/mol. The standard InChI is InChI=1S/C21H41NO2/c1-2-3-4-5-6-7-8-9-10-11-12-13-14-15-16-21(23)24-20-17-18-22-19-20/h20,22H,2-19H2,1H3. The molecule has 142 valence electrons. The number of carbonyl (C=O) groups excluding carboxylic acids is 1. The van der Waals surface area contributed by atoms with Crippen molar-refractivity contribution in [2.75, 3.05) is 13.1 Å². The van der Waals surface area contributed by atoms with Crippen molar-refractivity contribution in [1.29, 1.82) is 0 Å². The summed E-state index contributed by atoms with van der Waals surface area (Å²) in [4.78, 5) is 11.7. The van der Waals surface area contributed by atoms with E-state index in [1.54, 1.807) is 0 Å². The van der Waals surface area contributed by atoms with E-state index in [0.717, 1.165) is 25.9 Å². The van der Waals surface area contributed by atoms with E-state index >= 15 is 0 Å². The largest absolute Gasteiger partial charge is 0.461 e. The molecule has 3 heteroatoms. The fourth-order valence-electron chi connectivity index (χ4n) is 3.44. The minimum Gasteiger partial charge on any atom is -0.461 e. The lowest BCUT2D eigenvalue weighted by molar-refractivity contribution is -0.148. The van der Waals surface area contributed by atoms with Crippen molar-refractivity contribution in [1.82, 2.24) is 5.32 Å². The average Bonchev–Trinajstić information content (AvgIpc) is 3.08. The van der Waals surface area contributed by atoms with Gasteiger partial charge in [0.05, 0.1) is 0 Å². The normalized spacial score (nSPS) is 17.3. The fourth-order valence-corrected chi connectivity index (χ4v) is 3.44. The molecule has 0 aromatic rings. The third-order valence-corrected chi connectivity index (χ3v) is 5.05. The summed E-state index contributed by atoms with van der Waals surface area (Å²) in [6, 6.07) is 0. The molecule has 1 heterocycles. The molecule has 0 aliphatic carbocycles. The number of hydrogen-bond acceptors (Lipinski definition) is 3. The molecule has 0 bridgehead atoms. The van der Waals surface area contributed by atoms with E-state index in [1.807, 2.05) is 0 Å². The predicted octanol–water partition coefficient (Wildman–Crippen LogP) is 5.76. The van der Waals surface area contributed by atoms with Crippen molar-refractivity contribution in [2.45, 2.75) is 116 Å². The van der Waals surface area contributed by atoms with Crippen LogP contribution < -0.4 is 5.32 Å². The first-order chi connectivity index (χ1) is 11.8. The highest BCUT2D eigenvalue weighted by Crippen LogP contribution is 2.14. The number of nitrogens with one attached hydrogen (secondary N) is 1. The number of unbranched alkanes of at least 4 members (excludes halogenated alkanes) is 13. The van der Waals surface area contributed by atoms with Crippen molar-refractivity contribution in [3.8, 4) is 0 Å². The molecule has 1 saturated heterocycles. The monoisotopic (exact) mass is 339 g/mol. The minimum atomic E-state index is 0.00244. The van der Waals surface area contributed by atoms with E-state index in [4.69, 9.17) is 4.74 Å². The number of rotatable bonds is 16. The molecule has 1 fully saturated rings. The van der Waals surface area contributed by atoms with Crippen LogP contribution in [0.15, 0.2) is 0 Å². The molecule has 1 rings (SSSR count). The summed E-state index contributed by atoms with van der Waals surface area (Å²) >= 11 is 0. The van der Waals surface area contributed by atoms with Crippen LogP contribution in [0.25, 0.3) is 0 Å². The van der Waals surface area contributed by atoms with Crippen LogP contribution in [0.3, 0.4) is 0 Å². The van der Waals surface area contributed by atoms with Crippen LogP contribution in [0.5, 0.6) is 0 Å². The molecular weight excluding hydrogens is 298 g/mol. The molecule has 1 aliphatic heterocycles. The van der Waals surface area contributed by atoms with E-state index < -0.39 is 0 Å². The minimum absolute atomic E-state index is 0.00244. The summed E-state index contributed by atoms with van der Waals surface area (Å²) in [6.45, 7) is 4.10. The maximum Gasteiger partial charge on any atom is 0.306 e. The Morgan fingerprint density at radius 3 is 1.79 bits per heavy atom. The van der Waals surface area contributed by atoms with Crippen LogP contribution >= 0.6 is 0 Å². The van der Waals surface area contributed by atoms with Gasteiger partial charge in [-0.1, -0.05) is 90.4 Å². The smallest absolute Gasteiger partial charge is 0.306 e. The van der Waals surface area contributed by atoms with Gasteiger partial charge in [0.1, 0.15) is 6.10 Å². The lowest BCUT2D eigenvalue weighted by Gasteiger charge is -2.10. The molecule has 24 heavy (non-hydrogen) atoms. The van der Waals surface area contributed by atoms with Gasteiger partial charge in [0.25, 0.3) is 0 Å². The van der Waals surface area contributed by atoms with Crippen molar-refractivity contribution in [3.05, 3.63) is 0 Å². The summed E-state index contributed by atoms with van der Waals surface area (Å²) in [5, 5.41) is 3.22. The van der Waals surface area contributed by atoms with E-state index in [2.05, 4.69) is 12.2 Å². The first kappa shape index (κ1) is 21.5. The Labute approximate surface area is 150 Å². The number of ether oxygens (including phenoxy) is 1. The second kappa shape index (κ2) is 15.9. The quantitative estimate of drug-likeness (QED) is 0.287. The van der Waals surface area contributed by atoms with Crippen LogP contribution in [-0.2, 0) is 9.53 Å². The second-order valence-corrected chi connectivity index (χ2v) is 7.45. The van der Waals surface area contributed by atoms with Crippen molar-refractivity contribution in [3.63, 3.8) is 0 Å². The van der Waals surface area contributed by atoms with Crippen molar-refractivity contribution in [2.24, 2.45) is 0 Å². The molecule has 0 spiro atoms. The first-order valence-electron chi connectivity index (χ1n) is 10.7. The molecule has 1 aliphatic rings. The molecule has 0 amide bonds. The Balaban J connectivity index is 1.72. The molecule has 1 unspecified atom stereocenters. The van der Waals surface area contributed by atoms with Crippen LogP contribution in [0.4, 0.5) is 0 Å². The SMILES string of the molecule is CCCCCCCCCCCCCCCCC(=O)OC1CCNC1. The topological polar surface area (TPSA) is 38.3 Å². The summed E-state index contributed by atoms with van der Waals surface area (Å²) in [5.74, 6) is 0.00244. The van der Waals surface area contributed by atoms with E-state index in [1.165, 1.54) is 83.5 Å². The highest BCUT2D eigenvalue weighted by atomic mass is 16.5. The van der Waals surface area contributed by atoms with Crippen LogP contribution in [0.1, 0.15) is 110 Å². The molecule has 1 atom stereocenters.